The third-order valence-corrected chi connectivity index (χ3v) is 3.56. The number of aliphatic hydroxyl groups is 1. The molecule has 0 aromatic heterocycles. The molecule has 100 valence electrons. The molecule has 0 atom stereocenters. The minimum Gasteiger partial charge on any atom is -0.395 e. The number of benzene rings is 1. The van der Waals surface area contributed by atoms with Gasteiger partial charge in [-0.1, -0.05) is 12.1 Å². The van der Waals surface area contributed by atoms with Crippen molar-refractivity contribution in [2.75, 3.05) is 25.4 Å². The summed E-state index contributed by atoms with van der Waals surface area (Å²) in [5, 5.41) is 8.81. The number of likely N-dealkylation sites (N-methyl/N-ethyl adjacent to an activating group) is 1. The summed E-state index contributed by atoms with van der Waals surface area (Å²) in [5.41, 5.74) is 0. The van der Waals surface area contributed by atoms with Gasteiger partial charge in [-0.05, 0) is 19.1 Å². The molecule has 0 radical (unpaired) electrons. The second-order valence-corrected chi connectivity index (χ2v) is 4.86. The van der Waals surface area contributed by atoms with Gasteiger partial charge >= 0.3 is 0 Å². The zero-order chi connectivity index (χ0) is 13.4. The highest BCUT2D eigenvalue weighted by atomic mass is 32.2. The lowest BCUT2D eigenvalue weighted by atomic mass is 10.3. The van der Waals surface area contributed by atoms with Crippen LogP contribution in [0.4, 0.5) is 4.39 Å². The van der Waals surface area contributed by atoms with Crippen molar-refractivity contribution in [3.05, 3.63) is 30.1 Å². The van der Waals surface area contributed by atoms with Gasteiger partial charge in [-0.3, -0.25) is 4.79 Å². The SMILES string of the molecule is CCN(CCO)C(=O)CCSc1ccccc1F. The van der Waals surface area contributed by atoms with E-state index in [1.807, 2.05) is 6.92 Å². The molecule has 0 aliphatic carbocycles. The van der Waals surface area contributed by atoms with E-state index in [1.54, 1.807) is 23.1 Å². The maximum absolute atomic E-state index is 13.3. The molecular formula is C13H18FNO2S. The van der Waals surface area contributed by atoms with Crippen molar-refractivity contribution >= 4 is 17.7 Å². The van der Waals surface area contributed by atoms with Crippen LogP contribution in [0.5, 0.6) is 0 Å². The molecule has 3 nitrogen and oxygen atoms in total. The van der Waals surface area contributed by atoms with Crippen molar-refractivity contribution < 1.29 is 14.3 Å². The van der Waals surface area contributed by atoms with Crippen molar-refractivity contribution in [2.24, 2.45) is 0 Å². The minimum absolute atomic E-state index is 0.00427. The van der Waals surface area contributed by atoms with Crippen molar-refractivity contribution in [2.45, 2.75) is 18.2 Å². The van der Waals surface area contributed by atoms with Gasteiger partial charge in [0, 0.05) is 30.2 Å². The van der Waals surface area contributed by atoms with Gasteiger partial charge in [0.1, 0.15) is 5.82 Å². The van der Waals surface area contributed by atoms with Crippen molar-refractivity contribution in [1.29, 1.82) is 0 Å². The van der Waals surface area contributed by atoms with Crippen LogP contribution in [0.2, 0.25) is 0 Å². The third kappa shape index (κ3) is 4.66. The largest absolute Gasteiger partial charge is 0.395 e. The Balaban J connectivity index is 2.37. The maximum Gasteiger partial charge on any atom is 0.223 e. The predicted molar refractivity (Wildman–Crippen MR) is 71.1 cm³/mol. The van der Waals surface area contributed by atoms with Gasteiger partial charge in [0.2, 0.25) is 5.91 Å². The smallest absolute Gasteiger partial charge is 0.223 e. The first-order chi connectivity index (χ1) is 8.69. The number of amides is 1. The topological polar surface area (TPSA) is 40.5 Å². The molecule has 1 amide bonds. The lowest BCUT2D eigenvalue weighted by molar-refractivity contribution is -0.131. The van der Waals surface area contributed by atoms with Crippen molar-refractivity contribution in [3.8, 4) is 0 Å². The summed E-state index contributed by atoms with van der Waals surface area (Å²) in [4.78, 5) is 13.9. The first kappa shape index (κ1) is 15.0. The van der Waals surface area contributed by atoms with Crippen LogP contribution >= 0.6 is 11.8 Å². The Morgan fingerprint density at radius 3 is 2.78 bits per heavy atom. The quantitative estimate of drug-likeness (QED) is 0.773. The fourth-order valence-corrected chi connectivity index (χ4v) is 2.43. The fourth-order valence-electron chi connectivity index (χ4n) is 1.55. The Kier molecular flexibility index (Phi) is 6.75. The van der Waals surface area contributed by atoms with Gasteiger partial charge in [0.05, 0.1) is 6.61 Å². The van der Waals surface area contributed by atoms with E-state index in [2.05, 4.69) is 0 Å². The number of hydrogen-bond acceptors (Lipinski definition) is 3. The number of aliphatic hydroxyl groups excluding tert-OH is 1. The van der Waals surface area contributed by atoms with E-state index >= 15 is 0 Å². The van der Waals surface area contributed by atoms with Crippen LogP contribution in [0.25, 0.3) is 0 Å². The fraction of sp³-hybridized carbons (Fsp3) is 0.462. The summed E-state index contributed by atoms with van der Waals surface area (Å²) in [7, 11) is 0. The Hall–Kier alpha value is -1.07. The molecular weight excluding hydrogens is 253 g/mol. The normalized spacial score (nSPS) is 10.4. The first-order valence-electron chi connectivity index (χ1n) is 5.95. The van der Waals surface area contributed by atoms with E-state index < -0.39 is 0 Å². The second kappa shape index (κ2) is 8.11. The zero-order valence-electron chi connectivity index (χ0n) is 10.4. The highest BCUT2D eigenvalue weighted by Gasteiger charge is 2.11. The lowest BCUT2D eigenvalue weighted by Crippen LogP contribution is -2.33. The number of carbonyl (C=O) groups excluding carboxylic acids is 1. The number of carbonyl (C=O) groups is 1. The van der Waals surface area contributed by atoms with Crippen LogP contribution in [0.15, 0.2) is 29.2 Å². The molecule has 0 bridgehead atoms. The Labute approximate surface area is 111 Å². The highest BCUT2D eigenvalue weighted by molar-refractivity contribution is 7.99. The molecule has 5 heteroatoms. The molecule has 1 N–H and O–H groups in total. The molecule has 0 saturated heterocycles. The van der Waals surface area contributed by atoms with Gasteiger partial charge in [0.25, 0.3) is 0 Å². The van der Waals surface area contributed by atoms with E-state index in [0.717, 1.165) is 0 Å². The molecule has 0 spiro atoms. The van der Waals surface area contributed by atoms with Crippen LogP contribution < -0.4 is 0 Å². The van der Waals surface area contributed by atoms with Gasteiger partial charge in [0.15, 0.2) is 0 Å². The van der Waals surface area contributed by atoms with Crippen molar-refractivity contribution in [1.82, 2.24) is 4.90 Å². The van der Waals surface area contributed by atoms with Gasteiger partial charge in [-0.15, -0.1) is 11.8 Å². The Morgan fingerprint density at radius 1 is 1.44 bits per heavy atom. The summed E-state index contributed by atoms with van der Waals surface area (Å²) < 4.78 is 13.3. The second-order valence-electron chi connectivity index (χ2n) is 3.73. The molecule has 1 rings (SSSR count). The highest BCUT2D eigenvalue weighted by Crippen LogP contribution is 2.21. The molecule has 1 aromatic rings. The molecule has 0 saturated carbocycles. The van der Waals surface area contributed by atoms with Gasteiger partial charge in [-0.25, -0.2) is 4.39 Å². The summed E-state index contributed by atoms with van der Waals surface area (Å²) >= 11 is 1.34. The van der Waals surface area contributed by atoms with Crippen LogP contribution in [0.1, 0.15) is 13.3 Å². The molecule has 0 fully saturated rings. The van der Waals surface area contributed by atoms with Gasteiger partial charge < -0.3 is 10.0 Å². The van der Waals surface area contributed by atoms with Crippen LogP contribution in [0.3, 0.4) is 0 Å². The van der Waals surface area contributed by atoms with E-state index in [9.17, 15) is 9.18 Å². The number of hydrogen-bond donors (Lipinski definition) is 1. The van der Waals surface area contributed by atoms with Crippen molar-refractivity contribution in [3.63, 3.8) is 0 Å². The molecule has 0 aliphatic rings. The molecule has 1 aromatic carbocycles. The average molecular weight is 271 g/mol. The Morgan fingerprint density at radius 2 is 2.17 bits per heavy atom. The molecule has 0 unspecified atom stereocenters. The first-order valence-corrected chi connectivity index (χ1v) is 6.93. The predicted octanol–water partition coefficient (Wildman–Crippen LogP) is 2.15. The zero-order valence-corrected chi connectivity index (χ0v) is 11.3. The summed E-state index contributed by atoms with van der Waals surface area (Å²) in [6.07, 6.45) is 0.354. The lowest BCUT2D eigenvalue weighted by Gasteiger charge is -2.19. The molecule has 0 heterocycles. The van der Waals surface area contributed by atoms with Gasteiger partial charge in [-0.2, -0.15) is 0 Å². The standard InChI is InChI=1S/C13H18FNO2S/c1-2-15(8-9-16)13(17)7-10-18-12-6-4-3-5-11(12)14/h3-6,16H,2,7-10H2,1H3. The maximum atomic E-state index is 13.3. The summed E-state index contributed by atoms with van der Waals surface area (Å²) in [5.74, 6) is 0.287. The summed E-state index contributed by atoms with van der Waals surface area (Å²) in [6, 6.07) is 6.53. The van der Waals surface area contributed by atoms with E-state index in [-0.39, 0.29) is 18.3 Å². The summed E-state index contributed by atoms with van der Waals surface area (Å²) in [6.45, 7) is 2.79. The Bertz CT molecular complexity index is 387. The number of rotatable bonds is 7. The number of nitrogens with zero attached hydrogens (tertiary/aromatic N) is 1. The average Bonchev–Trinajstić information content (AvgIpc) is 2.38. The molecule has 18 heavy (non-hydrogen) atoms. The monoisotopic (exact) mass is 271 g/mol. The van der Waals surface area contributed by atoms with Crippen LogP contribution in [0, 0.1) is 5.82 Å². The molecule has 0 aliphatic heterocycles. The number of thioether (sulfide) groups is 1. The minimum atomic E-state index is -0.252. The van der Waals surface area contributed by atoms with E-state index in [1.165, 1.54) is 17.8 Å². The van der Waals surface area contributed by atoms with E-state index in [0.29, 0.717) is 30.2 Å². The third-order valence-electron chi connectivity index (χ3n) is 2.51. The van der Waals surface area contributed by atoms with Crippen LogP contribution in [-0.2, 0) is 4.79 Å². The number of halogens is 1. The van der Waals surface area contributed by atoms with Crippen LogP contribution in [-0.4, -0.2) is 41.4 Å². The van der Waals surface area contributed by atoms with E-state index in [4.69, 9.17) is 5.11 Å².